The molecule has 57 heavy (non-hydrogen) atoms. The van der Waals surface area contributed by atoms with Gasteiger partial charge in [-0.05, 0) is 25.5 Å². The summed E-state index contributed by atoms with van der Waals surface area (Å²) in [6.45, 7) is 13.5. The van der Waals surface area contributed by atoms with E-state index in [4.69, 9.17) is 33.2 Å². The highest BCUT2D eigenvalue weighted by Gasteiger charge is 2.74. The Hall–Kier alpha value is -4.83. The van der Waals surface area contributed by atoms with Gasteiger partial charge in [0.1, 0.15) is 29.0 Å². The number of rotatable bonds is 8. The van der Waals surface area contributed by atoms with E-state index in [-0.39, 0.29) is 5.56 Å². The van der Waals surface area contributed by atoms with E-state index in [0.29, 0.717) is 0 Å². The van der Waals surface area contributed by atoms with Crippen LogP contribution in [0.4, 0.5) is 0 Å². The summed E-state index contributed by atoms with van der Waals surface area (Å²) >= 11 is 0. The minimum absolute atomic E-state index is 0.0279. The first kappa shape index (κ1) is 44.9. The maximum Gasteiger partial charge on any atom is 0.338 e. The Morgan fingerprint density at radius 1 is 0.754 bits per heavy atom. The van der Waals surface area contributed by atoms with Gasteiger partial charge in [-0.15, -0.1) is 0 Å². The summed E-state index contributed by atoms with van der Waals surface area (Å²) in [5.41, 5.74) is -8.66. The molecule has 1 aromatic rings. The number of hydrogen-bond donors (Lipinski definition) is 2. The number of hydrogen-bond acceptors (Lipinski definition) is 16. The van der Waals surface area contributed by atoms with Crippen molar-refractivity contribution in [1.82, 2.24) is 0 Å². The standard InChI is InChI=1S/C41H54O16/c1-21(2)36(47)56-35-30(51-23(4)42)34(53-25(6)44)38(8,9)18-16-22(3)31(52-24(5)43)41(50)20-39(10,57-26(7)45)32-29(41)33(40(35,49)19-17-28(46)54-32)55-37(48)27-14-12-11-13-15-27/h11-16,18,21-22,29-35,49-50H,17,19-20H2,1-10H3/t22-,29+,30-,31-,32+,33?,34+,35+,39+,40-,41+/m0/s1. The predicted octanol–water partition coefficient (Wildman–Crippen LogP) is 3.32. The number of benzene rings is 1. The Balaban J connectivity index is 2.26. The number of esters is 7. The number of carbonyl (C=O) groups is 7. The zero-order valence-electron chi connectivity index (χ0n) is 34.0. The van der Waals surface area contributed by atoms with Crippen molar-refractivity contribution in [1.29, 1.82) is 0 Å². The lowest BCUT2D eigenvalue weighted by Gasteiger charge is -2.52. The SMILES string of the molecule is CC(=O)O[C@H]1[C@@H](OC(C)=O)C(C)(C)C=C[C@H](C)[C@H](OC(C)=O)[C@@]2(O)C[C@@](C)(OC(C)=O)[C@@H]3OC(=O)CC[C@](O)(C(OC(=O)c4ccccc4)[C@@H]32)[C@@H]1OC(=O)C(C)C. The molecule has 11 atom stereocenters. The van der Waals surface area contributed by atoms with Crippen LogP contribution in [-0.2, 0) is 61.9 Å². The van der Waals surface area contributed by atoms with Gasteiger partial charge in [0, 0.05) is 51.9 Å². The zero-order chi connectivity index (χ0) is 42.8. The summed E-state index contributed by atoms with van der Waals surface area (Å²) in [6, 6.07) is 7.55. The van der Waals surface area contributed by atoms with Crippen LogP contribution in [-0.4, -0.2) is 105 Å². The van der Waals surface area contributed by atoms with E-state index in [1.807, 2.05) is 0 Å². The van der Waals surface area contributed by atoms with Gasteiger partial charge >= 0.3 is 41.8 Å². The average molecular weight is 803 g/mol. The molecule has 2 N–H and O–H groups in total. The number of carbonyl (C=O) groups excluding carboxylic acids is 7. The van der Waals surface area contributed by atoms with E-state index in [1.165, 1.54) is 32.9 Å². The lowest BCUT2D eigenvalue weighted by atomic mass is 9.66. The number of fused-ring (bicyclic) bond motifs is 1. The predicted molar refractivity (Wildman–Crippen MR) is 196 cm³/mol. The molecule has 2 fully saturated rings. The molecule has 0 amide bonds. The van der Waals surface area contributed by atoms with Crippen molar-refractivity contribution in [2.75, 3.05) is 0 Å². The van der Waals surface area contributed by atoms with Crippen LogP contribution in [0.1, 0.15) is 98.9 Å². The van der Waals surface area contributed by atoms with Crippen LogP contribution in [0.5, 0.6) is 0 Å². The topological polar surface area (TPSA) is 225 Å². The van der Waals surface area contributed by atoms with Crippen LogP contribution < -0.4 is 0 Å². The van der Waals surface area contributed by atoms with Crippen molar-refractivity contribution in [2.24, 2.45) is 23.2 Å². The fourth-order valence-electron chi connectivity index (χ4n) is 8.40. The molecule has 1 aliphatic heterocycles. The molecule has 2 aliphatic carbocycles. The fourth-order valence-corrected chi connectivity index (χ4v) is 8.40. The maximum atomic E-state index is 14.3. The van der Waals surface area contributed by atoms with Crippen molar-refractivity contribution in [3.8, 4) is 0 Å². The van der Waals surface area contributed by atoms with Crippen molar-refractivity contribution < 1.29 is 76.9 Å². The second-order valence-corrected chi connectivity index (χ2v) is 16.4. The summed E-state index contributed by atoms with van der Waals surface area (Å²) < 4.78 is 41.7. The molecule has 2 bridgehead atoms. The smallest absolute Gasteiger partial charge is 0.338 e. The molecule has 1 heterocycles. The molecule has 1 unspecified atom stereocenters. The maximum absolute atomic E-state index is 14.3. The number of ether oxygens (including phenoxy) is 7. The molecule has 314 valence electrons. The normalized spacial score (nSPS) is 34.8. The van der Waals surface area contributed by atoms with Gasteiger partial charge in [-0.3, -0.25) is 28.8 Å². The van der Waals surface area contributed by atoms with E-state index in [2.05, 4.69) is 0 Å². The third kappa shape index (κ3) is 9.49. The Kier molecular flexibility index (Phi) is 13.3. The lowest BCUT2D eigenvalue weighted by molar-refractivity contribution is -0.263. The Bertz CT molecular complexity index is 1750. The van der Waals surface area contributed by atoms with E-state index < -0.39 is 138 Å². The molecule has 16 nitrogen and oxygen atoms in total. The van der Waals surface area contributed by atoms with Gasteiger partial charge in [0.15, 0.2) is 24.4 Å². The fraction of sp³-hybridized carbons (Fsp3) is 0.634. The first-order valence-electron chi connectivity index (χ1n) is 18.9. The molecule has 1 saturated carbocycles. The third-order valence-corrected chi connectivity index (χ3v) is 10.8. The highest BCUT2D eigenvalue weighted by atomic mass is 16.6. The van der Waals surface area contributed by atoms with Crippen molar-refractivity contribution in [3.05, 3.63) is 48.0 Å². The molecule has 4 rings (SSSR count). The van der Waals surface area contributed by atoms with E-state index in [1.54, 1.807) is 51.1 Å². The van der Waals surface area contributed by atoms with E-state index in [9.17, 15) is 43.8 Å². The molecular weight excluding hydrogens is 748 g/mol. The molecule has 3 aliphatic rings. The largest absolute Gasteiger partial charge is 0.459 e. The summed E-state index contributed by atoms with van der Waals surface area (Å²) in [5, 5.41) is 26.9. The van der Waals surface area contributed by atoms with Crippen LogP contribution >= 0.6 is 0 Å². The third-order valence-electron chi connectivity index (χ3n) is 10.8. The summed E-state index contributed by atoms with van der Waals surface area (Å²) in [4.78, 5) is 93.4. The molecule has 0 aromatic heterocycles. The minimum atomic E-state index is -2.84. The van der Waals surface area contributed by atoms with Crippen LogP contribution in [0, 0.1) is 23.2 Å². The first-order chi connectivity index (χ1) is 26.4. The Labute approximate surface area is 331 Å². The quantitative estimate of drug-likeness (QED) is 0.218. The summed E-state index contributed by atoms with van der Waals surface area (Å²) in [6.07, 6.45) is -9.88. The van der Waals surface area contributed by atoms with Crippen LogP contribution in [0.15, 0.2) is 42.5 Å². The second-order valence-electron chi connectivity index (χ2n) is 16.4. The van der Waals surface area contributed by atoms with Gasteiger partial charge in [0.25, 0.3) is 0 Å². The zero-order valence-corrected chi connectivity index (χ0v) is 34.0. The molecular formula is C41H54O16. The van der Waals surface area contributed by atoms with E-state index in [0.717, 1.165) is 27.7 Å². The van der Waals surface area contributed by atoms with Crippen molar-refractivity contribution >= 4 is 41.8 Å². The molecule has 1 aromatic carbocycles. The van der Waals surface area contributed by atoms with Crippen LogP contribution in [0.3, 0.4) is 0 Å². The van der Waals surface area contributed by atoms with Crippen LogP contribution in [0.2, 0.25) is 0 Å². The van der Waals surface area contributed by atoms with Gasteiger partial charge in [0.2, 0.25) is 0 Å². The highest BCUT2D eigenvalue weighted by molar-refractivity contribution is 5.89. The highest BCUT2D eigenvalue weighted by Crippen LogP contribution is 2.56. The van der Waals surface area contributed by atoms with Gasteiger partial charge in [0.05, 0.1) is 17.4 Å². The second kappa shape index (κ2) is 16.9. The van der Waals surface area contributed by atoms with Crippen molar-refractivity contribution in [3.63, 3.8) is 0 Å². The van der Waals surface area contributed by atoms with Gasteiger partial charge in [-0.2, -0.15) is 0 Å². The first-order valence-corrected chi connectivity index (χ1v) is 18.9. The van der Waals surface area contributed by atoms with E-state index >= 15 is 0 Å². The van der Waals surface area contributed by atoms with Gasteiger partial charge < -0.3 is 43.4 Å². The molecule has 0 spiro atoms. The molecule has 1 saturated heterocycles. The Morgan fingerprint density at radius 3 is 1.88 bits per heavy atom. The molecule has 16 heteroatoms. The van der Waals surface area contributed by atoms with Crippen LogP contribution in [0.25, 0.3) is 0 Å². The minimum Gasteiger partial charge on any atom is -0.459 e. The Morgan fingerprint density at radius 2 is 1.33 bits per heavy atom. The lowest BCUT2D eigenvalue weighted by Crippen LogP contribution is -2.70. The average Bonchev–Trinajstić information content (AvgIpc) is 3.31. The van der Waals surface area contributed by atoms with Gasteiger partial charge in [-0.1, -0.05) is 65.0 Å². The monoisotopic (exact) mass is 802 g/mol. The van der Waals surface area contributed by atoms with Gasteiger partial charge in [-0.25, -0.2) is 4.79 Å². The number of aliphatic hydroxyl groups is 2. The van der Waals surface area contributed by atoms with Crippen molar-refractivity contribution in [2.45, 2.75) is 142 Å². The summed E-state index contributed by atoms with van der Waals surface area (Å²) in [7, 11) is 0. The molecule has 0 radical (unpaired) electrons. The summed E-state index contributed by atoms with van der Waals surface area (Å²) in [5.74, 6) is -10.2.